The van der Waals surface area contributed by atoms with Gasteiger partial charge in [-0.1, -0.05) is 48.0 Å². The van der Waals surface area contributed by atoms with Gasteiger partial charge in [0.2, 0.25) is 15.9 Å². The van der Waals surface area contributed by atoms with Crippen LogP contribution in [0.4, 0.5) is 0 Å². The summed E-state index contributed by atoms with van der Waals surface area (Å²) in [4.78, 5) is 16.9. The van der Waals surface area contributed by atoms with Gasteiger partial charge in [-0.25, -0.2) is 8.42 Å². The number of ether oxygens (including phenoxy) is 1. The number of hydrogen-bond donors (Lipinski definition) is 2. The lowest BCUT2D eigenvalue weighted by molar-refractivity contribution is -0.122. The molecule has 0 saturated heterocycles. The predicted molar refractivity (Wildman–Crippen MR) is 123 cm³/mol. The van der Waals surface area contributed by atoms with Crippen LogP contribution in [0.2, 0.25) is 5.02 Å². The fourth-order valence-corrected chi connectivity index (χ4v) is 4.55. The molecular weight excluding hydrogens is 450 g/mol. The Kier molecular flexibility index (Phi) is 8.21. The fourth-order valence-electron chi connectivity index (χ4n) is 3.03. The third-order valence-electron chi connectivity index (χ3n) is 4.60. The largest absolute Gasteiger partial charge is 0.492 e. The molecule has 1 heterocycles. The van der Waals surface area contributed by atoms with E-state index in [1.165, 1.54) is 18.2 Å². The molecule has 3 rings (SSSR count). The first kappa shape index (κ1) is 23.7. The average molecular weight is 474 g/mol. The Morgan fingerprint density at radius 2 is 1.84 bits per heavy atom. The van der Waals surface area contributed by atoms with Gasteiger partial charge >= 0.3 is 0 Å². The second-order valence-electron chi connectivity index (χ2n) is 6.97. The maximum absolute atomic E-state index is 13.0. The van der Waals surface area contributed by atoms with E-state index in [2.05, 4.69) is 15.0 Å². The van der Waals surface area contributed by atoms with E-state index >= 15 is 0 Å². The quantitative estimate of drug-likeness (QED) is 0.470. The monoisotopic (exact) mass is 473 g/mol. The number of rotatable bonds is 10. The lowest BCUT2D eigenvalue weighted by Gasteiger charge is -2.19. The van der Waals surface area contributed by atoms with Crippen LogP contribution in [0.15, 0.2) is 78.0 Å². The smallest absolute Gasteiger partial charge is 0.241 e. The molecule has 2 aromatic carbocycles. The molecular formula is C23H24ClN3O4S. The minimum absolute atomic E-state index is 0.0518. The van der Waals surface area contributed by atoms with Crippen LogP contribution >= 0.6 is 11.6 Å². The number of amides is 1. The van der Waals surface area contributed by atoms with Crippen molar-refractivity contribution in [2.24, 2.45) is 0 Å². The summed E-state index contributed by atoms with van der Waals surface area (Å²) in [5, 5.41) is 2.95. The molecule has 0 fully saturated rings. The van der Waals surface area contributed by atoms with Crippen LogP contribution in [0.25, 0.3) is 0 Å². The van der Waals surface area contributed by atoms with E-state index in [0.29, 0.717) is 12.4 Å². The van der Waals surface area contributed by atoms with Crippen molar-refractivity contribution >= 4 is 27.5 Å². The first-order valence-corrected chi connectivity index (χ1v) is 11.9. The molecule has 2 N–H and O–H groups in total. The first-order valence-electron chi connectivity index (χ1n) is 10.0. The van der Waals surface area contributed by atoms with E-state index in [-0.39, 0.29) is 22.9 Å². The van der Waals surface area contributed by atoms with Crippen molar-refractivity contribution in [2.45, 2.75) is 30.8 Å². The summed E-state index contributed by atoms with van der Waals surface area (Å²) in [5.74, 6) is -0.0542. The highest BCUT2D eigenvalue weighted by atomic mass is 35.5. The van der Waals surface area contributed by atoms with E-state index in [1.54, 1.807) is 25.4 Å². The Morgan fingerprint density at radius 3 is 2.50 bits per heavy atom. The maximum atomic E-state index is 13.0. The molecule has 0 aliphatic rings. The number of hydrogen-bond acceptors (Lipinski definition) is 5. The van der Waals surface area contributed by atoms with E-state index in [4.69, 9.17) is 16.3 Å². The van der Waals surface area contributed by atoms with Crippen LogP contribution in [-0.2, 0) is 27.8 Å². The highest BCUT2D eigenvalue weighted by molar-refractivity contribution is 7.89. The van der Waals surface area contributed by atoms with Gasteiger partial charge in [-0.05, 0) is 48.7 Å². The van der Waals surface area contributed by atoms with Crippen molar-refractivity contribution in [1.29, 1.82) is 0 Å². The van der Waals surface area contributed by atoms with Crippen molar-refractivity contribution in [3.63, 3.8) is 0 Å². The summed E-state index contributed by atoms with van der Waals surface area (Å²) in [6.07, 6.45) is 3.46. The van der Waals surface area contributed by atoms with Crippen LogP contribution in [-0.4, -0.2) is 32.0 Å². The zero-order valence-corrected chi connectivity index (χ0v) is 19.1. The number of benzene rings is 2. The van der Waals surface area contributed by atoms with Crippen LogP contribution in [0.1, 0.15) is 18.1 Å². The van der Waals surface area contributed by atoms with Crippen molar-refractivity contribution < 1.29 is 17.9 Å². The zero-order valence-electron chi connectivity index (χ0n) is 17.5. The van der Waals surface area contributed by atoms with E-state index in [1.807, 2.05) is 36.4 Å². The summed E-state index contributed by atoms with van der Waals surface area (Å²) in [7, 11) is -4.02. The molecule has 1 atom stereocenters. The van der Waals surface area contributed by atoms with Gasteiger partial charge in [0.05, 0.1) is 16.5 Å². The van der Waals surface area contributed by atoms with Crippen molar-refractivity contribution in [2.75, 3.05) is 6.61 Å². The molecule has 1 aromatic heterocycles. The number of pyridine rings is 1. The van der Waals surface area contributed by atoms with E-state index in [0.717, 1.165) is 11.1 Å². The number of aromatic nitrogens is 1. The van der Waals surface area contributed by atoms with Crippen molar-refractivity contribution in [1.82, 2.24) is 15.0 Å². The normalized spacial score (nSPS) is 12.2. The third kappa shape index (κ3) is 6.53. The molecule has 32 heavy (non-hydrogen) atoms. The fraction of sp³-hybridized carbons (Fsp3) is 0.217. The molecule has 0 bridgehead atoms. The predicted octanol–water partition coefficient (Wildman–Crippen LogP) is 3.34. The zero-order chi connectivity index (χ0) is 23.0. The Hall–Kier alpha value is -2.94. The Morgan fingerprint density at radius 1 is 1.09 bits per heavy atom. The Labute approximate surface area is 192 Å². The Bertz CT molecular complexity index is 1140. The van der Waals surface area contributed by atoms with Gasteiger partial charge < -0.3 is 10.1 Å². The first-order chi connectivity index (χ1) is 15.4. The van der Waals surface area contributed by atoms with Gasteiger partial charge in [-0.2, -0.15) is 4.72 Å². The molecule has 0 spiro atoms. The second-order valence-corrected chi connectivity index (χ2v) is 9.09. The molecule has 7 nitrogen and oxygen atoms in total. The summed E-state index contributed by atoms with van der Waals surface area (Å²) < 4.78 is 33.9. The number of nitrogens with one attached hydrogen (secondary N) is 2. The molecule has 0 saturated carbocycles. The molecule has 1 amide bonds. The molecule has 0 aliphatic heterocycles. The standard InChI is InChI=1S/C23H24ClN3O4S/c1-2-31-22-11-10-19(14-20(22)24)32(29,30)27-21(13-17-7-4-3-5-8-17)23(28)26-16-18-9-6-12-25-15-18/h3-12,14-15,21,27H,2,13,16H2,1H3,(H,26,28). The highest BCUT2D eigenvalue weighted by Gasteiger charge is 2.26. The summed E-state index contributed by atoms with van der Waals surface area (Å²) in [5.41, 5.74) is 1.63. The topological polar surface area (TPSA) is 97.4 Å². The molecule has 1 unspecified atom stereocenters. The van der Waals surface area contributed by atoms with E-state index < -0.39 is 22.0 Å². The van der Waals surface area contributed by atoms with Gasteiger partial charge in [0.15, 0.2) is 0 Å². The van der Waals surface area contributed by atoms with Crippen LogP contribution in [0.3, 0.4) is 0 Å². The number of carbonyl (C=O) groups is 1. The van der Waals surface area contributed by atoms with Crippen LogP contribution < -0.4 is 14.8 Å². The molecule has 3 aromatic rings. The number of nitrogens with zero attached hydrogens (tertiary/aromatic N) is 1. The van der Waals surface area contributed by atoms with E-state index in [9.17, 15) is 13.2 Å². The summed E-state index contributed by atoms with van der Waals surface area (Å²) >= 11 is 6.16. The average Bonchev–Trinajstić information content (AvgIpc) is 2.79. The van der Waals surface area contributed by atoms with Gasteiger partial charge in [-0.3, -0.25) is 9.78 Å². The lowest BCUT2D eigenvalue weighted by atomic mass is 10.1. The summed E-state index contributed by atoms with van der Waals surface area (Å²) in [6, 6.07) is 16.0. The number of sulfonamides is 1. The van der Waals surface area contributed by atoms with Gasteiger partial charge in [0.1, 0.15) is 11.8 Å². The molecule has 0 radical (unpaired) electrons. The SMILES string of the molecule is CCOc1ccc(S(=O)(=O)NC(Cc2ccccc2)C(=O)NCc2cccnc2)cc1Cl. The third-order valence-corrected chi connectivity index (χ3v) is 6.36. The van der Waals surface area contributed by atoms with Crippen LogP contribution in [0, 0.1) is 0 Å². The van der Waals surface area contributed by atoms with Gasteiger partial charge in [0, 0.05) is 18.9 Å². The molecule has 0 aliphatic carbocycles. The molecule has 168 valence electrons. The minimum atomic E-state index is -4.02. The molecule has 9 heteroatoms. The number of carbonyl (C=O) groups excluding carboxylic acids is 1. The number of halogens is 1. The summed E-state index contributed by atoms with van der Waals surface area (Å²) in [6.45, 7) is 2.44. The van der Waals surface area contributed by atoms with Gasteiger partial charge in [0.25, 0.3) is 0 Å². The van der Waals surface area contributed by atoms with Crippen LogP contribution in [0.5, 0.6) is 5.75 Å². The van der Waals surface area contributed by atoms with Gasteiger partial charge in [-0.15, -0.1) is 0 Å². The van der Waals surface area contributed by atoms with Crippen molar-refractivity contribution in [3.05, 3.63) is 89.2 Å². The lowest BCUT2D eigenvalue weighted by Crippen LogP contribution is -2.47. The highest BCUT2D eigenvalue weighted by Crippen LogP contribution is 2.27. The maximum Gasteiger partial charge on any atom is 0.241 e. The Balaban J connectivity index is 1.80. The minimum Gasteiger partial charge on any atom is -0.492 e. The van der Waals surface area contributed by atoms with Crippen molar-refractivity contribution in [3.8, 4) is 5.75 Å². The second kappa shape index (κ2) is 11.1.